The van der Waals surface area contributed by atoms with Crippen LogP contribution in [0.25, 0.3) is 22.4 Å². The van der Waals surface area contributed by atoms with Gasteiger partial charge in [-0.2, -0.15) is 10.5 Å². The number of nitrogen functional groups attached to an aromatic ring is 1. The van der Waals surface area contributed by atoms with Crippen LogP contribution in [0.15, 0.2) is 48.5 Å². The molecule has 0 atom stereocenters. The minimum atomic E-state index is -0.798. The van der Waals surface area contributed by atoms with Gasteiger partial charge in [0, 0.05) is 22.8 Å². The molecule has 0 fully saturated rings. The van der Waals surface area contributed by atoms with Gasteiger partial charge in [-0.3, -0.25) is 0 Å². The van der Waals surface area contributed by atoms with Crippen LogP contribution in [0.3, 0.4) is 0 Å². The number of rotatable bonds is 2. The second-order valence-corrected chi connectivity index (χ2v) is 5.24. The molecule has 6 heteroatoms. The monoisotopic (exact) mass is 332 g/mol. The van der Waals surface area contributed by atoms with Crippen LogP contribution < -0.4 is 5.73 Å². The Balaban J connectivity index is 2.22. The Labute approximate surface area is 142 Å². The van der Waals surface area contributed by atoms with Gasteiger partial charge in [-0.15, -0.1) is 0 Å². The van der Waals surface area contributed by atoms with Crippen LogP contribution in [0.2, 0.25) is 0 Å². The predicted octanol–water partition coefficient (Wildman–Crippen LogP) is 4.02. The molecule has 0 spiro atoms. The van der Waals surface area contributed by atoms with E-state index >= 15 is 0 Å². The van der Waals surface area contributed by atoms with E-state index in [1.165, 1.54) is 12.1 Å². The first-order valence-corrected chi connectivity index (χ1v) is 7.20. The van der Waals surface area contributed by atoms with E-state index in [0.29, 0.717) is 16.8 Å². The van der Waals surface area contributed by atoms with E-state index in [0.717, 1.165) is 12.1 Å². The van der Waals surface area contributed by atoms with Gasteiger partial charge in [-0.05, 0) is 30.3 Å². The zero-order valence-electron chi connectivity index (χ0n) is 12.8. The van der Waals surface area contributed by atoms with Gasteiger partial charge in [-0.25, -0.2) is 13.8 Å². The van der Waals surface area contributed by atoms with Crippen LogP contribution in [-0.2, 0) is 0 Å². The summed E-state index contributed by atoms with van der Waals surface area (Å²) in [6, 6.07) is 15.1. The fourth-order valence-corrected chi connectivity index (χ4v) is 2.47. The van der Waals surface area contributed by atoms with Gasteiger partial charge in [0.15, 0.2) is 0 Å². The predicted molar refractivity (Wildman–Crippen MR) is 88.9 cm³/mol. The summed E-state index contributed by atoms with van der Waals surface area (Å²) in [6.07, 6.45) is 0. The summed E-state index contributed by atoms with van der Waals surface area (Å²) >= 11 is 0. The first kappa shape index (κ1) is 16.1. The van der Waals surface area contributed by atoms with E-state index in [-0.39, 0.29) is 22.5 Å². The fraction of sp³-hybridized carbons (Fsp3) is 0. The number of halogens is 2. The highest BCUT2D eigenvalue weighted by Gasteiger charge is 2.16. The molecule has 2 N–H and O–H groups in total. The third-order valence-electron chi connectivity index (χ3n) is 3.69. The summed E-state index contributed by atoms with van der Waals surface area (Å²) in [4.78, 5) is 4.18. The maximum atomic E-state index is 14.2. The molecule has 1 heterocycles. The Hall–Kier alpha value is -3.77. The lowest BCUT2D eigenvalue weighted by molar-refractivity contribution is 0.585. The first-order chi connectivity index (χ1) is 12.0. The van der Waals surface area contributed by atoms with Crippen LogP contribution >= 0.6 is 0 Å². The molecule has 0 saturated heterocycles. The highest BCUT2D eigenvalue weighted by atomic mass is 19.1. The maximum Gasteiger partial charge on any atom is 0.142 e. The number of pyridine rings is 1. The van der Waals surface area contributed by atoms with Crippen molar-refractivity contribution < 1.29 is 8.78 Å². The number of hydrogen-bond donors (Lipinski definition) is 1. The molecule has 0 aliphatic carbocycles. The summed E-state index contributed by atoms with van der Waals surface area (Å²) in [6.45, 7) is 0. The second kappa shape index (κ2) is 6.38. The standard InChI is InChI=1S/C19H10F2N4/c20-13-5-6-14(17(21)7-13)15-8-18(25-19(24)16(15)10-23)12-3-1-11(9-22)2-4-12/h1-8H,(H2,24,25). The van der Waals surface area contributed by atoms with Crippen LogP contribution in [0, 0.1) is 34.3 Å². The molecule has 0 saturated carbocycles. The lowest BCUT2D eigenvalue weighted by Crippen LogP contribution is -2.01. The lowest BCUT2D eigenvalue weighted by atomic mass is 9.97. The van der Waals surface area contributed by atoms with Crippen molar-refractivity contribution in [2.45, 2.75) is 0 Å². The third kappa shape index (κ3) is 3.01. The minimum Gasteiger partial charge on any atom is -0.383 e. The molecule has 3 aromatic rings. The van der Waals surface area contributed by atoms with Gasteiger partial charge >= 0.3 is 0 Å². The Kier molecular flexibility index (Phi) is 4.11. The van der Waals surface area contributed by atoms with Crippen LogP contribution in [0.5, 0.6) is 0 Å². The van der Waals surface area contributed by atoms with Gasteiger partial charge in [0.05, 0.1) is 17.3 Å². The largest absolute Gasteiger partial charge is 0.383 e. The molecule has 0 bridgehead atoms. The third-order valence-corrected chi connectivity index (χ3v) is 3.69. The molecule has 25 heavy (non-hydrogen) atoms. The Morgan fingerprint density at radius 3 is 2.20 bits per heavy atom. The molecule has 0 radical (unpaired) electrons. The van der Waals surface area contributed by atoms with Crippen molar-refractivity contribution in [2.75, 3.05) is 5.73 Å². The average molecular weight is 332 g/mol. The molecule has 0 amide bonds. The molecule has 0 aliphatic heterocycles. The number of hydrogen-bond acceptors (Lipinski definition) is 4. The Morgan fingerprint density at radius 1 is 0.880 bits per heavy atom. The number of benzene rings is 2. The van der Waals surface area contributed by atoms with Gasteiger partial charge in [0.25, 0.3) is 0 Å². The second-order valence-electron chi connectivity index (χ2n) is 5.24. The van der Waals surface area contributed by atoms with E-state index < -0.39 is 11.6 Å². The molecular weight excluding hydrogens is 322 g/mol. The van der Waals surface area contributed by atoms with Crippen LogP contribution in [-0.4, -0.2) is 4.98 Å². The van der Waals surface area contributed by atoms with Crippen molar-refractivity contribution in [3.05, 3.63) is 71.3 Å². The van der Waals surface area contributed by atoms with Crippen LogP contribution in [0.1, 0.15) is 11.1 Å². The van der Waals surface area contributed by atoms with E-state index in [4.69, 9.17) is 11.0 Å². The number of anilines is 1. The fourth-order valence-electron chi connectivity index (χ4n) is 2.47. The summed E-state index contributed by atoms with van der Waals surface area (Å²) in [5.41, 5.74) is 7.71. The molecule has 0 unspecified atom stereocenters. The van der Waals surface area contributed by atoms with E-state index in [9.17, 15) is 14.0 Å². The summed E-state index contributed by atoms with van der Waals surface area (Å²) in [5, 5.41) is 18.2. The molecule has 3 rings (SSSR count). The molecule has 0 aliphatic rings. The van der Waals surface area contributed by atoms with Crippen molar-refractivity contribution in [1.82, 2.24) is 4.98 Å². The highest BCUT2D eigenvalue weighted by Crippen LogP contribution is 2.32. The van der Waals surface area contributed by atoms with Gasteiger partial charge in [0.1, 0.15) is 29.1 Å². The Morgan fingerprint density at radius 2 is 1.60 bits per heavy atom. The lowest BCUT2D eigenvalue weighted by Gasteiger charge is -2.11. The van der Waals surface area contributed by atoms with E-state index in [1.807, 2.05) is 12.1 Å². The van der Waals surface area contributed by atoms with Crippen molar-refractivity contribution in [2.24, 2.45) is 0 Å². The van der Waals surface area contributed by atoms with E-state index in [2.05, 4.69) is 4.98 Å². The Bertz CT molecular complexity index is 1040. The van der Waals surface area contributed by atoms with Crippen molar-refractivity contribution in [3.8, 4) is 34.5 Å². The molecule has 1 aromatic heterocycles. The molecule has 120 valence electrons. The number of nitrogens with zero attached hydrogens (tertiary/aromatic N) is 3. The molecule has 4 nitrogen and oxygen atoms in total. The normalized spacial score (nSPS) is 10.1. The SMILES string of the molecule is N#Cc1ccc(-c2cc(-c3ccc(F)cc3F)c(C#N)c(N)n2)cc1. The number of nitrogens with two attached hydrogens (primary N) is 1. The quantitative estimate of drug-likeness (QED) is 0.768. The number of aromatic nitrogens is 1. The molecule has 2 aromatic carbocycles. The number of nitriles is 2. The summed E-state index contributed by atoms with van der Waals surface area (Å²) in [5.74, 6) is -1.56. The van der Waals surface area contributed by atoms with Crippen molar-refractivity contribution >= 4 is 5.82 Å². The smallest absolute Gasteiger partial charge is 0.142 e. The van der Waals surface area contributed by atoms with E-state index in [1.54, 1.807) is 24.3 Å². The van der Waals surface area contributed by atoms with Gasteiger partial charge < -0.3 is 5.73 Å². The van der Waals surface area contributed by atoms with Gasteiger partial charge in [0.2, 0.25) is 0 Å². The highest BCUT2D eigenvalue weighted by molar-refractivity contribution is 5.80. The van der Waals surface area contributed by atoms with Crippen molar-refractivity contribution in [3.63, 3.8) is 0 Å². The topological polar surface area (TPSA) is 86.5 Å². The minimum absolute atomic E-state index is 0.0166. The first-order valence-electron chi connectivity index (χ1n) is 7.20. The zero-order valence-corrected chi connectivity index (χ0v) is 12.8. The average Bonchev–Trinajstić information content (AvgIpc) is 2.61. The van der Waals surface area contributed by atoms with Crippen LogP contribution in [0.4, 0.5) is 14.6 Å². The summed E-state index contributed by atoms with van der Waals surface area (Å²) < 4.78 is 27.3. The molecular formula is C19H10F2N4. The summed E-state index contributed by atoms with van der Waals surface area (Å²) in [7, 11) is 0. The maximum absolute atomic E-state index is 14.2. The van der Waals surface area contributed by atoms with Crippen molar-refractivity contribution in [1.29, 1.82) is 10.5 Å². The zero-order chi connectivity index (χ0) is 18.0. The van der Waals surface area contributed by atoms with Gasteiger partial charge in [-0.1, -0.05) is 12.1 Å².